The number of aromatic nitrogens is 5. The van der Waals surface area contributed by atoms with Gasteiger partial charge in [-0.25, -0.2) is 4.68 Å². The first-order chi connectivity index (χ1) is 13.6. The molecule has 28 heavy (non-hydrogen) atoms. The van der Waals surface area contributed by atoms with Crippen molar-refractivity contribution < 1.29 is 0 Å². The molecule has 0 radical (unpaired) electrons. The lowest BCUT2D eigenvalue weighted by Crippen LogP contribution is -2.05. The highest BCUT2D eigenvalue weighted by Crippen LogP contribution is 2.30. The zero-order valence-corrected chi connectivity index (χ0v) is 16.9. The molecular weight excluding hydrogens is 395 g/mol. The summed E-state index contributed by atoms with van der Waals surface area (Å²) in [4.78, 5) is 0. The van der Waals surface area contributed by atoms with Gasteiger partial charge in [0.1, 0.15) is 17.0 Å². The molecule has 0 spiro atoms. The minimum Gasteiger partial charge on any atom is -0.310 e. The molecule has 0 atom stereocenters. The molecule has 0 amide bonds. The zero-order valence-electron chi connectivity index (χ0n) is 15.4. The molecule has 1 aromatic carbocycles. The van der Waals surface area contributed by atoms with Crippen LogP contribution < -0.4 is 0 Å². The Kier molecular flexibility index (Phi) is 5.21. The standard InChI is InChI=1S/C20H18Cl2N6/c1-13-15(19(22)28(26-13)17-8-5-4-7-16(17)21)11-14(12-23)20-25-24-18-9-3-2-6-10-27(18)20/h4-5,7-8,11H,2-3,6,9-10H2,1H3/b14-11+. The molecule has 1 aliphatic rings. The van der Waals surface area contributed by atoms with Crippen molar-refractivity contribution in [1.29, 1.82) is 5.26 Å². The molecule has 2 aromatic heterocycles. The van der Waals surface area contributed by atoms with Crippen LogP contribution in [-0.2, 0) is 13.0 Å². The number of allylic oxidation sites excluding steroid dienone is 1. The number of hydrogen-bond acceptors (Lipinski definition) is 4. The average molecular weight is 413 g/mol. The Morgan fingerprint density at radius 2 is 2.00 bits per heavy atom. The maximum Gasteiger partial charge on any atom is 0.174 e. The van der Waals surface area contributed by atoms with Gasteiger partial charge < -0.3 is 4.57 Å². The van der Waals surface area contributed by atoms with E-state index >= 15 is 0 Å². The largest absolute Gasteiger partial charge is 0.310 e. The number of aryl methyl sites for hydroxylation is 2. The van der Waals surface area contributed by atoms with Crippen LogP contribution in [0.4, 0.5) is 0 Å². The molecule has 3 heterocycles. The Morgan fingerprint density at radius 1 is 1.18 bits per heavy atom. The van der Waals surface area contributed by atoms with E-state index in [1.165, 1.54) is 0 Å². The predicted molar refractivity (Wildman–Crippen MR) is 109 cm³/mol. The fourth-order valence-electron chi connectivity index (χ4n) is 3.43. The topological polar surface area (TPSA) is 72.3 Å². The van der Waals surface area contributed by atoms with Crippen LogP contribution in [0.15, 0.2) is 24.3 Å². The molecule has 0 fully saturated rings. The first-order valence-electron chi connectivity index (χ1n) is 9.14. The second-order valence-electron chi connectivity index (χ2n) is 6.73. The number of rotatable bonds is 3. The first-order valence-corrected chi connectivity index (χ1v) is 9.90. The molecule has 8 heteroatoms. The van der Waals surface area contributed by atoms with E-state index in [4.69, 9.17) is 23.2 Å². The van der Waals surface area contributed by atoms with Crippen molar-refractivity contribution in [3.63, 3.8) is 0 Å². The molecule has 0 bridgehead atoms. The molecule has 6 nitrogen and oxygen atoms in total. The van der Waals surface area contributed by atoms with Crippen LogP contribution in [0.1, 0.15) is 42.2 Å². The molecule has 0 unspecified atom stereocenters. The van der Waals surface area contributed by atoms with Crippen LogP contribution in [0.5, 0.6) is 0 Å². The second kappa shape index (κ2) is 7.78. The zero-order chi connectivity index (χ0) is 19.7. The van der Waals surface area contributed by atoms with Crippen molar-refractivity contribution >= 4 is 34.9 Å². The van der Waals surface area contributed by atoms with E-state index in [9.17, 15) is 5.26 Å². The van der Waals surface area contributed by atoms with Gasteiger partial charge >= 0.3 is 0 Å². The van der Waals surface area contributed by atoms with Gasteiger partial charge in [-0.2, -0.15) is 10.4 Å². The maximum atomic E-state index is 9.79. The fourth-order valence-corrected chi connectivity index (χ4v) is 3.97. The first kappa shape index (κ1) is 18.7. The van der Waals surface area contributed by atoms with Gasteiger partial charge in [-0.3, -0.25) is 0 Å². The normalized spacial score (nSPS) is 14.4. The number of nitrogens with zero attached hydrogens (tertiary/aromatic N) is 6. The van der Waals surface area contributed by atoms with E-state index < -0.39 is 0 Å². The fraction of sp³-hybridized carbons (Fsp3) is 0.300. The second-order valence-corrected chi connectivity index (χ2v) is 7.49. The molecule has 142 valence electrons. The lowest BCUT2D eigenvalue weighted by Gasteiger charge is -2.06. The number of benzene rings is 1. The van der Waals surface area contributed by atoms with Crippen LogP contribution in [0, 0.1) is 18.3 Å². The molecule has 3 aromatic rings. The summed E-state index contributed by atoms with van der Waals surface area (Å²) in [5.41, 5.74) is 2.48. The van der Waals surface area contributed by atoms with Crippen molar-refractivity contribution in [3.8, 4) is 11.8 Å². The molecule has 1 aliphatic heterocycles. The van der Waals surface area contributed by atoms with E-state index in [2.05, 4.69) is 21.4 Å². The summed E-state index contributed by atoms with van der Waals surface area (Å²) in [5, 5.41) is 23.8. The monoisotopic (exact) mass is 412 g/mol. The lowest BCUT2D eigenvalue weighted by molar-refractivity contribution is 0.627. The van der Waals surface area contributed by atoms with Crippen molar-refractivity contribution in [2.45, 2.75) is 39.2 Å². The van der Waals surface area contributed by atoms with Gasteiger partial charge in [0.15, 0.2) is 5.82 Å². The maximum absolute atomic E-state index is 9.79. The van der Waals surface area contributed by atoms with Crippen LogP contribution >= 0.6 is 23.2 Å². The number of hydrogen-bond donors (Lipinski definition) is 0. The molecule has 0 aliphatic carbocycles. The number of nitriles is 1. The Morgan fingerprint density at radius 3 is 2.79 bits per heavy atom. The quantitative estimate of drug-likeness (QED) is 0.575. The van der Waals surface area contributed by atoms with Crippen LogP contribution in [0.2, 0.25) is 10.2 Å². The van der Waals surface area contributed by atoms with Gasteiger partial charge in [0, 0.05) is 18.5 Å². The van der Waals surface area contributed by atoms with Gasteiger partial charge in [-0.1, -0.05) is 41.8 Å². The van der Waals surface area contributed by atoms with Gasteiger partial charge in [-0.05, 0) is 38.0 Å². The molecule has 4 rings (SSSR count). The van der Waals surface area contributed by atoms with Gasteiger partial charge in [-0.15, -0.1) is 10.2 Å². The van der Waals surface area contributed by atoms with E-state index in [1.807, 2.05) is 29.7 Å². The summed E-state index contributed by atoms with van der Waals surface area (Å²) in [7, 11) is 0. The summed E-state index contributed by atoms with van der Waals surface area (Å²) in [6.07, 6.45) is 5.93. The minimum atomic E-state index is 0.397. The van der Waals surface area contributed by atoms with Gasteiger partial charge in [0.2, 0.25) is 0 Å². The highest BCUT2D eigenvalue weighted by atomic mass is 35.5. The Bertz CT molecular complexity index is 1100. The Labute approximate surface area is 173 Å². The third-order valence-corrected chi connectivity index (χ3v) is 5.57. The molecule has 0 saturated heterocycles. The van der Waals surface area contributed by atoms with E-state index in [1.54, 1.807) is 16.8 Å². The highest BCUT2D eigenvalue weighted by Gasteiger charge is 2.20. The summed E-state index contributed by atoms with van der Waals surface area (Å²) in [6, 6.07) is 9.60. The number of halogens is 2. The van der Waals surface area contributed by atoms with E-state index in [0.717, 1.165) is 38.1 Å². The Hall–Kier alpha value is -2.62. The van der Waals surface area contributed by atoms with Crippen molar-refractivity contribution in [3.05, 3.63) is 57.3 Å². The third-order valence-electron chi connectivity index (χ3n) is 4.89. The van der Waals surface area contributed by atoms with Crippen LogP contribution in [0.25, 0.3) is 17.3 Å². The lowest BCUT2D eigenvalue weighted by atomic mass is 10.1. The molecular formula is C20H18Cl2N6. The van der Waals surface area contributed by atoms with Gasteiger partial charge in [0.25, 0.3) is 0 Å². The summed E-state index contributed by atoms with van der Waals surface area (Å²) in [6.45, 7) is 2.67. The third kappa shape index (κ3) is 3.32. The minimum absolute atomic E-state index is 0.397. The SMILES string of the molecule is Cc1nn(-c2ccccc2Cl)c(Cl)c1/C=C(\C#N)c1nnc2n1CCCCC2. The van der Waals surface area contributed by atoms with Crippen LogP contribution in [0.3, 0.4) is 0 Å². The van der Waals surface area contributed by atoms with Gasteiger partial charge in [0.05, 0.1) is 22.0 Å². The number of fused-ring (bicyclic) bond motifs is 1. The predicted octanol–water partition coefficient (Wildman–Crippen LogP) is 4.87. The van der Waals surface area contributed by atoms with Crippen molar-refractivity contribution in [2.75, 3.05) is 0 Å². The van der Waals surface area contributed by atoms with E-state index in [0.29, 0.717) is 38.5 Å². The summed E-state index contributed by atoms with van der Waals surface area (Å²) in [5.74, 6) is 1.52. The summed E-state index contributed by atoms with van der Waals surface area (Å²) < 4.78 is 3.63. The highest BCUT2D eigenvalue weighted by molar-refractivity contribution is 6.33. The molecule has 0 saturated carbocycles. The smallest absolute Gasteiger partial charge is 0.174 e. The molecule has 0 N–H and O–H groups in total. The van der Waals surface area contributed by atoms with Crippen molar-refractivity contribution in [1.82, 2.24) is 24.5 Å². The average Bonchev–Trinajstić information content (AvgIpc) is 3.11. The Balaban J connectivity index is 1.80. The number of para-hydroxylation sites is 1. The van der Waals surface area contributed by atoms with Crippen molar-refractivity contribution in [2.24, 2.45) is 0 Å². The van der Waals surface area contributed by atoms with Crippen LogP contribution in [-0.4, -0.2) is 24.5 Å². The summed E-state index contributed by atoms with van der Waals surface area (Å²) >= 11 is 12.9. The van der Waals surface area contributed by atoms with E-state index in [-0.39, 0.29) is 0 Å².